The summed E-state index contributed by atoms with van der Waals surface area (Å²) in [5, 5.41) is 8.25. The van der Waals surface area contributed by atoms with E-state index in [9.17, 15) is 8.42 Å². The quantitative estimate of drug-likeness (QED) is 0.795. The Bertz CT molecular complexity index is 791. The van der Waals surface area contributed by atoms with E-state index in [1.54, 1.807) is 4.68 Å². The Balaban J connectivity index is 1.85. The molecule has 2 N–H and O–H groups in total. The molecule has 3 rings (SSSR count). The van der Waals surface area contributed by atoms with Gasteiger partial charge in [-0.1, -0.05) is 35.5 Å². The number of thiol groups is 1. The van der Waals surface area contributed by atoms with Gasteiger partial charge in [0.2, 0.25) is 10.0 Å². The maximum atomic E-state index is 11.9. The van der Waals surface area contributed by atoms with Gasteiger partial charge in [0.25, 0.3) is 0 Å². The number of benzene rings is 1. The van der Waals surface area contributed by atoms with E-state index in [-0.39, 0.29) is 11.3 Å². The standard InChI is InChI=1S/C14H19N5O2S2/c1-23(20,21)19-9-12(22)7-11(19)8-18-14(15)13(16-17-18)10-5-3-2-4-6-10/h2-6,11-12,22H,7-9,15H2,1H3/t11-,12+/m0/s1. The van der Waals surface area contributed by atoms with Crippen molar-refractivity contribution in [3.05, 3.63) is 30.3 Å². The van der Waals surface area contributed by atoms with Crippen LogP contribution >= 0.6 is 12.6 Å². The average Bonchev–Trinajstić information content (AvgIpc) is 3.04. The van der Waals surface area contributed by atoms with Gasteiger partial charge in [-0.05, 0) is 6.42 Å². The number of anilines is 1. The van der Waals surface area contributed by atoms with Crippen LogP contribution in [0.1, 0.15) is 6.42 Å². The lowest BCUT2D eigenvalue weighted by atomic mass is 10.1. The van der Waals surface area contributed by atoms with Crippen LogP contribution in [-0.2, 0) is 16.6 Å². The molecule has 1 aliphatic heterocycles. The Hall–Kier alpha value is -1.58. The van der Waals surface area contributed by atoms with Crippen molar-refractivity contribution in [3.63, 3.8) is 0 Å². The van der Waals surface area contributed by atoms with E-state index in [0.717, 1.165) is 5.56 Å². The lowest BCUT2D eigenvalue weighted by Gasteiger charge is -2.21. The van der Waals surface area contributed by atoms with Gasteiger partial charge >= 0.3 is 0 Å². The number of rotatable bonds is 4. The first-order chi connectivity index (χ1) is 10.9. The SMILES string of the molecule is CS(=O)(=O)N1C[C@H](S)C[C@H]1Cn1nnc(-c2ccccc2)c1N. The Kier molecular flexibility index (Phi) is 4.35. The van der Waals surface area contributed by atoms with E-state index < -0.39 is 10.0 Å². The Labute approximate surface area is 140 Å². The highest BCUT2D eigenvalue weighted by atomic mass is 32.2. The monoisotopic (exact) mass is 353 g/mol. The third kappa shape index (κ3) is 3.36. The third-order valence-corrected chi connectivity index (χ3v) is 5.65. The van der Waals surface area contributed by atoms with Gasteiger partial charge in [-0.15, -0.1) is 5.10 Å². The topological polar surface area (TPSA) is 94.1 Å². The maximum absolute atomic E-state index is 11.9. The van der Waals surface area contributed by atoms with Crippen molar-refractivity contribution in [2.45, 2.75) is 24.3 Å². The molecule has 124 valence electrons. The molecule has 9 heteroatoms. The zero-order valence-corrected chi connectivity index (χ0v) is 14.4. The van der Waals surface area contributed by atoms with Gasteiger partial charge in [-0.3, -0.25) is 0 Å². The van der Waals surface area contributed by atoms with E-state index in [1.807, 2.05) is 30.3 Å². The summed E-state index contributed by atoms with van der Waals surface area (Å²) in [5.74, 6) is 0.437. The molecule has 2 heterocycles. The molecule has 2 aromatic rings. The molecule has 0 amide bonds. The molecule has 23 heavy (non-hydrogen) atoms. The first-order valence-electron chi connectivity index (χ1n) is 7.25. The normalized spacial score (nSPS) is 22.5. The molecule has 7 nitrogen and oxygen atoms in total. The molecule has 0 aliphatic carbocycles. The smallest absolute Gasteiger partial charge is 0.211 e. The Morgan fingerprint density at radius 3 is 2.70 bits per heavy atom. The molecular formula is C14H19N5O2S2. The van der Waals surface area contributed by atoms with Crippen molar-refractivity contribution < 1.29 is 8.42 Å². The molecule has 0 bridgehead atoms. The van der Waals surface area contributed by atoms with E-state index >= 15 is 0 Å². The molecule has 0 radical (unpaired) electrons. The molecule has 2 atom stereocenters. The van der Waals surface area contributed by atoms with Gasteiger partial charge in [-0.2, -0.15) is 16.9 Å². The average molecular weight is 353 g/mol. The van der Waals surface area contributed by atoms with Crippen LogP contribution in [0.4, 0.5) is 5.82 Å². The second-order valence-electron chi connectivity index (χ2n) is 5.75. The Morgan fingerprint density at radius 1 is 1.35 bits per heavy atom. The van der Waals surface area contributed by atoms with Crippen molar-refractivity contribution in [1.82, 2.24) is 19.3 Å². The van der Waals surface area contributed by atoms with E-state index in [2.05, 4.69) is 22.9 Å². The van der Waals surface area contributed by atoms with Gasteiger partial charge in [0.05, 0.1) is 12.8 Å². The molecule has 1 saturated heterocycles. The Morgan fingerprint density at radius 2 is 2.04 bits per heavy atom. The minimum Gasteiger partial charge on any atom is -0.382 e. The number of hydrogen-bond donors (Lipinski definition) is 2. The van der Waals surface area contributed by atoms with Crippen LogP contribution in [0.3, 0.4) is 0 Å². The van der Waals surface area contributed by atoms with Crippen molar-refractivity contribution in [1.29, 1.82) is 0 Å². The van der Waals surface area contributed by atoms with Crippen molar-refractivity contribution in [3.8, 4) is 11.3 Å². The van der Waals surface area contributed by atoms with Crippen LogP contribution < -0.4 is 5.73 Å². The fourth-order valence-electron chi connectivity index (χ4n) is 2.89. The number of nitrogens with zero attached hydrogens (tertiary/aromatic N) is 4. The fraction of sp³-hybridized carbons (Fsp3) is 0.429. The summed E-state index contributed by atoms with van der Waals surface area (Å²) in [4.78, 5) is 0. The number of hydrogen-bond acceptors (Lipinski definition) is 6. The van der Waals surface area contributed by atoms with Crippen LogP contribution in [0.15, 0.2) is 30.3 Å². The van der Waals surface area contributed by atoms with E-state index in [1.165, 1.54) is 10.6 Å². The highest BCUT2D eigenvalue weighted by Crippen LogP contribution is 2.28. The number of nitrogen functional groups attached to an aromatic ring is 1. The van der Waals surface area contributed by atoms with Crippen LogP contribution in [0.25, 0.3) is 11.3 Å². The minimum atomic E-state index is -3.28. The number of aromatic nitrogens is 3. The van der Waals surface area contributed by atoms with E-state index in [0.29, 0.717) is 31.0 Å². The van der Waals surface area contributed by atoms with Gasteiger partial charge in [-0.25, -0.2) is 13.1 Å². The highest BCUT2D eigenvalue weighted by molar-refractivity contribution is 7.88. The van der Waals surface area contributed by atoms with Crippen molar-refractivity contribution in [2.75, 3.05) is 18.5 Å². The molecule has 1 fully saturated rings. The second kappa shape index (κ2) is 6.14. The molecule has 0 saturated carbocycles. The highest BCUT2D eigenvalue weighted by Gasteiger charge is 2.36. The largest absolute Gasteiger partial charge is 0.382 e. The maximum Gasteiger partial charge on any atom is 0.211 e. The first kappa shape index (κ1) is 16.3. The van der Waals surface area contributed by atoms with Crippen molar-refractivity contribution >= 4 is 28.5 Å². The zero-order chi connectivity index (χ0) is 16.6. The zero-order valence-electron chi connectivity index (χ0n) is 12.7. The predicted octanol–water partition coefficient (Wildman–Crippen LogP) is 0.860. The van der Waals surface area contributed by atoms with Gasteiger partial charge < -0.3 is 5.73 Å². The minimum absolute atomic E-state index is 0.0214. The number of sulfonamides is 1. The molecule has 0 spiro atoms. The fourth-order valence-corrected chi connectivity index (χ4v) is 4.57. The third-order valence-electron chi connectivity index (χ3n) is 3.97. The first-order valence-corrected chi connectivity index (χ1v) is 9.62. The summed E-state index contributed by atoms with van der Waals surface area (Å²) in [6, 6.07) is 9.34. The van der Waals surface area contributed by atoms with Gasteiger partial charge in [0, 0.05) is 23.4 Å². The van der Waals surface area contributed by atoms with E-state index in [4.69, 9.17) is 5.73 Å². The van der Waals surface area contributed by atoms with Crippen molar-refractivity contribution in [2.24, 2.45) is 0 Å². The van der Waals surface area contributed by atoms with Crippen LogP contribution in [0.5, 0.6) is 0 Å². The summed E-state index contributed by atoms with van der Waals surface area (Å²) in [6.07, 6.45) is 1.88. The summed E-state index contributed by atoms with van der Waals surface area (Å²) in [5.41, 5.74) is 7.65. The van der Waals surface area contributed by atoms with Crippen LogP contribution in [-0.4, -0.2) is 51.8 Å². The van der Waals surface area contributed by atoms with Gasteiger partial charge in [0.1, 0.15) is 11.5 Å². The molecular weight excluding hydrogens is 334 g/mol. The lowest BCUT2D eigenvalue weighted by Crippen LogP contribution is -2.37. The summed E-state index contributed by atoms with van der Waals surface area (Å²) in [6.45, 7) is 0.780. The van der Waals surface area contributed by atoms with Crippen LogP contribution in [0.2, 0.25) is 0 Å². The molecule has 1 aliphatic rings. The van der Waals surface area contributed by atoms with Crippen LogP contribution in [0, 0.1) is 0 Å². The number of nitrogens with two attached hydrogens (primary N) is 1. The summed E-state index contributed by atoms with van der Waals surface area (Å²) >= 11 is 4.41. The molecule has 1 aromatic heterocycles. The predicted molar refractivity (Wildman–Crippen MR) is 92.6 cm³/mol. The molecule has 0 unspecified atom stereocenters. The lowest BCUT2D eigenvalue weighted by molar-refractivity contribution is 0.342. The summed E-state index contributed by atoms with van der Waals surface area (Å²) in [7, 11) is -3.28. The van der Waals surface area contributed by atoms with Gasteiger partial charge in [0.15, 0.2) is 0 Å². The second-order valence-corrected chi connectivity index (χ2v) is 8.41. The molecule has 1 aromatic carbocycles. The summed E-state index contributed by atoms with van der Waals surface area (Å²) < 4.78 is 26.8.